The zero-order valence-corrected chi connectivity index (χ0v) is 16.9. The number of halogens is 1. The Morgan fingerprint density at radius 1 is 1.27 bits per heavy atom. The van der Waals surface area contributed by atoms with Crippen LogP contribution in [0.1, 0.15) is 42.2 Å². The predicted molar refractivity (Wildman–Crippen MR) is 110 cm³/mol. The van der Waals surface area contributed by atoms with Gasteiger partial charge >= 0.3 is 6.03 Å². The van der Waals surface area contributed by atoms with E-state index in [1.54, 1.807) is 18.3 Å². The number of rotatable bonds is 3. The maximum Gasteiger partial charge on any atom is 0.327 e. The van der Waals surface area contributed by atoms with Crippen molar-refractivity contribution in [1.29, 1.82) is 5.41 Å². The second-order valence-electron chi connectivity index (χ2n) is 7.45. The molecule has 2 aromatic rings. The molecule has 1 saturated heterocycles. The van der Waals surface area contributed by atoms with Crippen LogP contribution < -0.4 is 15.7 Å². The number of aromatic nitrogens is 2. The molecular formula is C21H25FN6O2. The largest absolute Gasteiger partial charge is 0.338 e. The number of carbonyl (C=O) groups is 2. The third-order valence-electron chi connectivity index (χ3n) is 5.53. The summed E-state index contributed by atoms with van der Waals surface area (Å²) in [6.45, 7) is 3.55. The Balaban J connectivity index is 1.63. The predicted octanol–water partition coefficient (Wildman–Crippen LogP) is 3.00. The molecule has 0 bridgehead atoms. The number of anilines is 2. The molecular weight excluding hydrogens is 387 g/mol. The summed E-state index contributed by atoms with van der Waals surface area (Å²) in [5.41, 5.74) is 2.71. The van der Waals surface area contributed by atoms with Gasteiger partial charge < -0.3 is 20.1 Å². The first kappa shape index (κ1) is 19.9. The number of fused-ring (bicyclic) bond motifs is 1. The number of allylic oxidation sites excluding steroid dienone is 1. The summed E-state index contributed by atoms with van der Waals surface area (Å²) in [4.78, 5) is 31.7. The number of nitrogens with one attached hydrogen (secondary N) is 3. The molecule has 4 heterocycles. The van der Waals surface area contributed by atoms with E-state index < -0.39 is 0 Å². The Morgan fingerprint density at radius 3 is 2.80 bits per heavy atom. The van der Waals surface area contributed by atoms with Crippen LogP contribution in [0, 0.1) is 5.41 Å². The zero-order valence-electron chi connectivity index (χ0n) is 16.9. The van der Waals surface area contributed by atoms with E-state index in [9.17, 15) is 14.0 Å². The van der Waals surface area contributed by atoms with E-state index in [1.165, 1.54) is 9.47 Å². The van der Waals surface area contributed by atoms with Gasteiger partial charge in [-0.15, -0.1) is 0 Å². The molecule has 0 radical (unpaired) electrons. The smallest absolute Gasteiger partial charge is 0.327 e. The van der Waals surface area contributed by atoms with Crippen LogP contribution in [-0.2, 0) is 6.42 Å². The van der Waals surface area contributed by atoms with Gasteiger partial charge in [0.2, 0.25) is 0 Å². The summed E-state index contributed by atoms with van der Waals surface area (Å²) >= 11 is 0. The Labute approximate surface area is 173 Å². The average Bonchev–Trinajstić information content (AvgIpc) is 3.39. The first-order valence-corrected chi connectivity index (χ1v) is 10.2. The standard InChI is InChI=1S/C21H25FN6O2/c1-2-24-21(30)28-10-7-15(12-18(28)23)26-8-3-5-14-11-17(25-19(14)26)20(29)27-9-4-6-16(27)13-22/h7,10-13,23,25H,2-6,8-9H2,1H3,(H,24,30)/b16-13+,23-18?. The van der Waals surface area contributed by atoms with Gasteiger partial charge in [-0.2, -0.15) is 0 Å². The van der Waals surface area contributed by atoms with Crippen LogP contribution in [0.4, 0.5) is 20.7 Å². The summed E-state index contributed by atoms with van der Waals surface area (Å²) in [6.07, 6.45) is 5.15. The fraction of sp³-hybridized carbons (Fsp3) is 0.381. The van der Waals surface area contributed by atoms with Crippen LogP contribution in [0.25, 0.3) is 0 Å². The van der Waals surface area contributed by atoms with Gasteiger partial charge in [-0.1, -0.05) is 0 Å². The minimum absolute atomic E-state index is 0.0724. The van der Waals surface area contributed by atoms with E-state index in [-0.39, 0.29) is 17.4 Å². The molecule has 2 aliphatic heterocycles. The van der Waals surface area contributed by atoms with Crippen molar-refractivity contribution < 1.29 is 14.0 Å². The summed E-state index contributed by atoms with van der Waals surface area (Å²) < 4.78 is 14.3. The first-order valence-electron chi connectivity index (χ1n) is 10.2. The molecule has 158 valence electrons. The molecule has 30 heavy (non-hydrogen) atoms. The molecule has 9 heteroatoms. The van der Waals surface area contributed by atoms with Gasteiger partial charge in [0.15, 0.2) is 0 Å². The lowest BCUT2D eigenvalue weighted by Crippen LogP contribution is -2.36. The second-order valence-corrected chi connectivity index (χ2v) is 7.45. The molecule has 0 aromatic carbocycles. The summed E-state index contributed by atoms with van der Waals surface area (Å²) in [6, 6.07) is 4.92. The van der Waals surface area contributed by atoms with Crippen LogP contribution >= 0.6 is 0 Å². The van der Waals surface area contributed by atoms with Gasteiger partial charge in [0.05, 0.1) is 0 Å². The number of nitrogens with zero attached hydrogens (tertiary/aromatic N) is 3. The van der Waals surface area contributed by atoms with Gasteiger partial charge in [-0.3, -0.25) is 14.8 Å². The molecule has 3 N–H and O–H groups in total. The Hall–Kier alpha value is -3.36. The van der Waals surface area contributed by atoms with Crippen LogP contribution in [0.5, 0.6) is 0 Å². The second kappa shape index (κ2) is 8.17. The van der Waals surface area contributed by atoms with Crippen molar-refractivity contribution in [3.8, 4) is 0 Å². The lowest BCUT2D eigenvalue weighted by atomic mass is 10.1. The van der Waals surface area contributed by atoms with Gasteiger partial charge in [0.25, 0.3) is 5.91 Å². The van der Waals surface area contributed by atoms with Crippen LogP contribution in [-0.4, -0.2) is 46.0 Å². The Morgan fingerprint density at radius 2 is 2.07 bits per heavy atom. The highest BCUT2D eigenvalue weighted by Crippen LogP contribution is 2.34. The molecule has 2 amide bonds. The maximum absolute atomic E-state index is 13.1. The molecule has 0 atom stereocenters. The monoisotopic (exact) mass is 412 g/mol. The summed E-state index contributed by atoms with van der Waals surface area (Å²) in [7, 11) is 0. The normalized spacial score (nSPS) is 17.3. The van der Waals surface area contributed by atoms with Crippen molar-refractivity contribution in [3.63, 3.8) is 0 Å². The van der Waals surface area contributed by atoms with E-state index >= 15 is 0 Å². The third kappa shape index (κ3) is 3.51. The van der Waals surface area contributed by atoms with E-state index in [0.29, 0.717) is 37.2 Å². The van der Waals surface area contributed by atoms with E-state index in [4.69, 9.17) is 5.41 Å². The van der Waals surface area contributed by atoms with E-state index in [2.05, 4.69) is 10.3 Å². The highest BCUT2D eigenvalue weighted by Gasteiger charge is 2.29. The van der Waals surface area contributed by atoms with Crippen molar-refractivity contribution in [2.75, 3.05) is 24.5 Å². The van der Waals surface area contributed by atoms with Crippen molar-refractivity contribution >= 4 is 23.4 Å². The molecule has 4 rings (SSSR count). The quantitative estimate of drug-likeness (QED) is 0.723. The molecule has 1 fully saturated rings. The van der Waals surface area contributed by atoms with Crippen molar-refractivity contribution in [3.05, 3.63) is 53.2 Å². The van der Waals surface area contributed by atoms with Gasteiger partial charge in [0.1, 0.15) is 23.3 Å². The SMILES string of the molecule is CCNC(=O)n1ccc(N2CCCc3cc(C(=O)N4CCC/C4=C\F)[nH]c32)cc1=N. The summed E-state index contributed by atoms with van der Waals surface area (Å²) in [5, 5.41) is 10.9. The number of amides is 2. The van der Waals surface area contributed by atoms with E-state index in [1.807, 2.05) is 17.9 Å². The fourth-order valence-corrected chi connectivity index (χ4v) is 4.09. The Bertz CT molecular complexity index is 1070. The third-order valence-corrected chi connectivity index (χ3v) is 5.53. The number of hydrogen-bond acceptors (Lipinski definition) is 4. The molecule has 2 aliphatic rings. The number of pyridine rings is 1. The van der Waals surface area contributed by atoms with Gasteiger partial charge in [0, 0.05) is 43.3 Å². The van der Waals surface area contributed by atoms with Crippen molar-refractivity contribution in [1.82, 2.24) is 19.8 Å². The molecule has 0 aliphatic carbocycles. The number of aryl methyl sites for hydroxylation is 1. The number of H-pyrrole nitrogens is 1. The lowest BCUT2D eigenvalue weighted by molar-refractivity contribution is 0.0818. The average molecular weight is 412 g/mol. The molecule has 0 spiro atoms. The van der Waals surface area contributed by atoms with Gasteiger partial charge in [-0.25, -0.2) is 9.18 Å². The highest BCUT2D eigenvalue weighted by atomic mass is 19.1. The number of aromatic amines is 1. The topological polar surface area (TPSA) is 97.2 Å². The lowest BCUT2D eigenvalue weighted by Gasteiger charge is -2.29. The number of hydrogen-bond donors (Lipinski definition) is 3. The molecule has 2 aromatic heterocycles. The number of carbonyl (C=O) groups excluding carboxylic acids is 2. The maximum atomic E-state index is 13.1. The first-order chi connectivity index (χ1) is 14.5. The molecule has 0 unspecified atom stereocenters. The Kier molecular flexibility index (Phi) is 5.43. The summed E-state index contributed by atoms with van der Waals surface area (Å²) in [5.74, 6) is 0.582. The van der Waals surface area contributed by atoms with Gasteiger partial charge in [-0.05, 0) is 50.3 Å². The molecule has 0 saturated carbocycles. The minimum Gasteiger partial charge on any atom is -0.338 e. The van der Waals surface area contributed by atoms with Crippen LogP contribution in [0.3, 0.4) is 0 Å². The fourth-order valence-electron chi connectivity index (χ4n) is 4.09. The highest BCUT2D eigenvalue weighted by molar-refractivity contribution is 5.95. The van der Waals surface area contributed by atoms with E-state index in [0.717, 1.165) is 42.9 Å². The molecule has 8 nitrogen and oxygen atoms in total. The zero-order chi connectivity index (χ0) is 21.3. The van der Waals surface area contributed by atoms with Crippen LogP contribution in [0.2, 0.25) is 0 Å². The van der Waals surface area contributed by atoms with Crippen molar-refractivity contribution in [2.24, 2.45) is 0 Å². The van der Waals surface area contributed by atoms with Crippen LogP contribution in [0.15, 0.2) is 36.4 Å². The number of likely N-dealkylation sites (tertiary alicyclic amines) is 1. The minimum atomic E-state index is -0.344. The van der Waals surface area contributed by atoms with Crippen molar-refractivity contribution in [2.45, 2.75) is 32.6 Å².